The highest BCUT2D eigenvalue weighted by atomic mass is 32.2. The van der Waals surface area contributed by atoms with E-state index in [2.05, 4.69) is 14.5 Å². The number of thioether (sulfide) groups is 1. The van der Waals surface area contributed by atoms with Crippen LogP contribution in [0.25, 0.3) is 0 Å². The number of nitrogen functional groups attached to an aromatic ring is 1. The number of nitrogens with zero attached hydrogens (tertiary/aromatic N) is 3. The van der Waals surface area contributed by atoms with Crippen molar-refractivity contribution in [3.05, 3.63) is 37.2 Å². The van der Waals surface area contributed by atoms with Gasteiger partial charge >= 0.3 is 0 Å². The molecular weight excluding hydrogens is 220 g/mol. The molecule has 2 aromatic heterocycles. The first-order valence-corrected chi connectivity index (χ1v) is 6.13. The van der Waals surface area contributed by atoms with E-state index < -0.39 is 0 Å². The summed E-state index contributed by atoms with van der Waals surface area (Å²) >= 11 is 1.77. The van der Waals surface area contributed by atoms with Crippen LogP contribution in [-0.2, 0) is 6.54 Å². The first-order chi connectivity index (χ1) is 7.86. The first-order valence-electron chi connectivity index (χ1n) is 5.14. The van der Waals surface area contributed by atoms with Crippen LogP contribution in [0.3, 0.4) is 0 Å². The summed E-state index contributed by atoms with van der Waals surface area (Å²) in [4.78, 5) is 9.08. The average Bonchev–Trinajstić information content (AvgIpc) is 2.79. The van der Waals surface area contributed by atoms with Crippen LogP contribution in [0, 0.1) is 0 Å². The number of hydrogen-bond donors (Lipinski definition) is 1. The van der Waals surface area contributed by atoms with Gasteiger partial charge in [0.2, 0.25) is 0 Å². The molecule has 0 saturated carbocycles. The second-order valence-corrected chi connectivity index (χ2v) is 4.55. The fourth-order valence-electron chi connectivity index (χ4n) is 1.37. The number of hydrogen-bond acceptors (Lipinski definition) is 4. The zero-order chi connectivity index (χ0) is 11.2. The number of aromatic nitrogens is 3. The van der Waals surface area contributed by atoms with E-state index in [-0.39, 0.29) is 0 Å². The predicted molar refractivity (Wildman–Crippen MR) is 66.2 cm³/mol. The first kappa shape index (κ1) is 11.0. The molecule has 0 radical (unpaired) electrons. The highest BCUT2D eigenvalue weighted by molar-refractivity contribution is 7.99. The van der Waals surface area contributed by atoms with Crippen LogP contribution in [0.4, 0.5) is 5.69 Å². The van der Waals surface area contributed by atoms with E-state index in [1.54, 1.807) is 30.4 Å². The summed E-state index contributed by atoms with van der Waals surface area (Å²) in [5.74, 6) is 1.05. The summed E-state index contributed by atoms with van der Waals surface area (Å²) in [6, 6.07) is 1.96. The molecule has 2 heterocycles. The lowest BCUT2D eigenvalue weighted by atomic mass is 10.4. The monoisotopic (exact) mass is 234 g/mol. The van der Waals surface area contributed by atoms with Gasteiger partial charge in [-0.2, -0.15) is 0 Å². The Morgan fingerprint density at radius 3 is 3.00 bits per heavy atom. The molecule has 5 heteroatoms. The summed E-state index contributed by atoms with van der Waals surface area (Å²) in [6.45, 7) is 0.998. The Hall–Kier alpha value is -1.49. The number of pyridine rings is 1. The Morgan fingerprint density at radius 2 is 2.25 bits per heavy atom. The highest BCUT2D eigenvalue weighted by Crippen LogP contribution is 2.23. The third-order valence-electron chi connectivity index (χ3n) is 2.19. The molecule has 16 heavy (non-hydrogen) atoms. The van der Waals surface area contributed by atoms with Gasteiger partial charge in [0.1, 0.15) is 0 Å². The minimum Gasteiger partial charge on any atom is -0.397 e. The SMILES string of the molecule is Nc1cnccc1SCCCn1ccnc1. The average molecular weight is 234 g/mol. The lowest BCUT2D eigenvalue weighted by Crippen LogP contribution is -1.96. The minimum absolute atomic E-state index is 0.759. The fraction of sp³-hybridized carbons (Fsp3) is 0.273. The lowest BCUT2D eigenvalue weighted by molar-refractivity contribution is 0.683. The molecule has 0 aliphatic carbocycles. The molecule has 0 unspecified atom stereocenters. The largest absolute Gasteiger partial charge is 0.397 e. The third kappa shape index (κ3) is 3.00. The van der Waals surface area contributed by atoms with Crippen molar-refractivity contribution in [3.63, 3.8) is 0 Å². The van der Waals surface area contributed by atoms with Crippen molar-refractivity contribution in [3.8, 4) is 0 Å². The summed E-state index contributed by atoms with van der Waals surface area (Å²) in [5, 5.41) is 0. The van der Waals surface area contributed by atoms with E-state index in [1.807, 2.05) is 18.6 Å². The third-order valence-corrected chi connectivity index (χ3v) is 3.36. The molecule has 0 aliphatic heterocycles. The van der Waals surface area contributed by atoms with Crippen LogP contribution in [0.5, 0.6) is 0 Å². The van der Waals surface area contributed by atoms with Gasteiger partial charge in [0.25, 0.3) is 0 Å². The molecule has 0 spiro atoms. The molecule has 0 amide bonds. The van der Waals surface area contributed by atoms with Crippen molar-refractivity contribution in [2.24, 2.45) is 0 Å². The molecule has 84 valence electrons. The van der Waals surface area contributed by atoms with Gasteiger partial charge in [0, 0.05) is 30.0 Å². The quantitative estimate of drug-likeness (QED) is 0.635. The minimum atomic E-state index is 0.759. The van der Waals surface area contributed by atoms with Crippen LogP contribution in [0.15, 0.2) is 42.1 Å². The standard InChI is InChI=1S/C11H14N4S/c12-10-8-13-3-2-11(10)16-7-1-5-15-6-4-14-9-15/h2-4,6,8-9H,1,5,7,12H2. The van der Waals surface area contributed by atoms with Crippen molar-refractivity contribution in [1.82, 2.24) is 14.5 Å². The Bertz CT molecular complexity index is 427. The van der Waals surface area contributed by atoms with Gasteiger partial charge in [-0.3, -0.25) is 4.98 Å². The maximum atomic E-state index is 5.80. The van der Waals surface area contributed by atoms with Gasteiger partial charge < -0.3 is 10.3 Å². The van der Waals surface area contributed by atoms with Gasteiger partial charge in [-0.25, -0.2) is 4.98 Å². The molecule has 0 aromatic carbocycles. The van der Waals surface area contributed by atoms with Crippen LogP contribution < -0.4 is 5.73 Å². The zero-order valence-electron chi connectivity index (χ0n) is 8.91. The normalized spacial score (nSPS) is 10.5. The van der Waals surface area contributed by atoms with Crippen LogP contribution >= 0.6 is 11.8 Å². The van der Waals surface area contributed by atoms with E-state index in [1.165, 1.54) is 0 Å². The topological polar surface area (TPSA) is 56.7 Å². The van der Waals surface area contributed by atoms with Crippen LogP contribution in [0.1, 0.15) is 6.42 Å². The zero-order valence-corrected chi connectivity index (χ0v) is 9.73. The molecule has 0 fully saturated rings. The maximum absolute atomic E-state index is 5.80. The van der Waals surface area contributed by atoms with Gasteiger partial charge in [-0.05, 0) is 18.2 Å². The molecule has 0 saturated heterocycles. The number of rotatable bonds is 5. The van der Waals surface area contributed by atoms with Crippen molar-refractivity contribution in [1.29, 1.82) is 0 Å². The van der Waals surface area contributed by atoms with E-state index in [9.17, 15) is 0 Å². The highest BCUT2D eigenvalue weighted by Gasteiger charge is 1.98. The van der Waals surface area contributed by atoms with E-state index >= 15 is 0 Å². The molecule has 2 N–H and O–H groups in total. The van der Waals surface area contributed by atoms with E-state index in [0.717, 1.165) is 29.3 Å². The second-order valence-electron chi connectivity index (χ2n) is 3.42. The van der Waals surface area contributed by atoms with Crippen molar-refractivity contribution >= 4 is 17.4 Å². The summed E-state index contributed by atoms with van der Waals surface area (Å²) in [7, 11) is 0. The lowest BCUT2D eigenvalue weighted by Gasteiger charge is -2.04. The summed E-state index contributed by atoms with van der Waals surface area (Å²) in [5.41, 5.74) is 6.56. The van der Waals surface area contributed by atoms with Gasteiger partial charge in [-0.1, -0.05) is 0 Å². The molecular formula is C11H14N4S. The Balaban J connectivity index is 1.74. The van der Waals surface area contributed by atoms with Crippen LogP contribution in [-0.4, -0.2) is 20.3 Å². The Kier molecular flexibility index (Phi) is 3.82. The van der Waals surface area contributed by atoms with Crippen molar-refractivity contribution in [2.75, 3.05) is 11.5 Å². The molecule has 0 atom stereocenters. The Labute approximate surface area is 98.9 Å². The van der Waals surface area contributed by atoms with Gasteiger partial charge in [-0.15, -0.1) is 11.8 Å². The maximum Gasteiger partial charge on any atom is 0.0945 e. The number of imidazole rings is 1. The number of anilines is 1. The smallest absolute Gasteiger partial charge is 0.0945 e. The molecule has 2 aromatic rings. The van der Waals surface area contributed by atoms with E-state index in [0.29, 0.717) is 0 Å². The molecule has 0 bridgehead atoms. The molecule has 0 aliphatic rings. The number of aryl methyl sites for hydroxylation is 1. The summed E-state index contributed by atoms with van der Waals surface area (Å²) < 4.78 is 2.08. The predicted octanol–water partition coefficient (Wildman–Crippen LogP) is 2.04. The Morgan fingerprint density at radius 1 is 1.31 bits per heavy atom. The molecule has 2 rings (SSSR count). The van der Waals surface area contributed by atoms with Crippen molar-refractivity contribution < 1.29 is 0 Å². The molecule has 4 nitrogen and oxygen atoms in total. The van der Waals surface area contributed by atoms with Gasteiger partial charge in [0.15, 0.2) is 0 Å². The van der Waals surface area contributed by atoms with Crippen molar-refractivity contribution in [2.45, 2.75) is 17.9 Å². The second kappa shape index (κ2) is 5.55. The summed E-state index contributed by atoms with van der Waals surface area (Å²) in [6.07, 6.45) is 10.2. The van der Waals surface area contributed by atoms with Gasteiger partial charge in [0.05, 0.1) is 18.2 Å². The van der Waals surface area contributed by atoms with Crippen LogP contribution in [0.2, 0.25) is 0 Å². The number of nitrogens with two attached hydrogens (primary N) is 1. The fourth-order valence-corrected chi connectivity index (χ4v) is 2.24. The van der Waals surface area contributed by atoms with E-state index in [4.69, 9.17) is 5.73 Å².